The Hall–Kier alpha value is -1.90. The van der Waals surface area contributed by atoms with Gasteiger partial charge in [0.15, 0.2) is 0 Å². The molecule has 2 aromatic rings. The van der Waals surface area contributed by atoms with Crippen LogP contribution in [-0.4, -0.2) is 30.8 Å². The van der Waals surface area contributed by atoms with Gasteiger partial charge in [-0.1, -0.05) is 0 Å². The molecule has 21 heavy (non-hydrogen) atoms. The van der Waals surface area contributed by atoms with Gasteiger partial charge in [-0.25, -0.2) is 13.2 Å². The molecule has 0 saturated heterocycles. The van der Waals surface area contributed by atoms with Crippen LogP contribution in [0.3, 0.4) is 0 Å². The van der Waals surface area contributed by atoms with Crippen molar-refractivity contribution in [1.82, 2.24) is 4.31 Å². The third-order valence-electron chi connectivity index (χ3n) is 2.93. The number of anilines is 1. The van der Waals surface area contributed by atoms with Crippen LogP contribution >= 0.6 is 11.3 Å². The molecule has 2 rings (SSSR count). The first-order valence-corrected chi connectivity index (χ1v) is 8.31. The molecule has 1 aromatic carbocycles. The second kappa shape index (κ2) is 5.84. The second-order valence-electron chi connectivity index (χ2n) is 4.45. The molecule has 6 nitrogen and oxygen atoms in total. The van der Waals surface area contributed by atoms with Gasteiger partial charge in [0.25, 0.3) is 0 Å². The molecule has 0 radical (unpaired) electrons. The third kappa shape index (κ3) is 3.23. The maximum absolute atomic E-state index is 12.5. The topological polar surface area (TPSA) is 101 Å². The number of nitrogens with zero attached hydrogens (tertiary/aromatic N) is 1. The Labute approximate surface area is 126 Å². The lowest BCUT2D eigenvalue weighted by molar-refractivity contribution is 0.0697. The largest absolute Gasteiger partial charge is 0.478 e. The van der Waals surface area contributed by atoms with Gasteiger partial charge in [-0.2, -0.15) is 15.6 Å². The van der Waals surface area contributed by atoms with E-state index >= 15 is 0 Å². The van der Waals surface area contributed by atoms with E-state index < -0.39 is 16.0 Å². The molecule has 0 fully saturated rings. The average Bonchev–Trinajstić information content (AvgIpc) is 2.90. The first kappa shape index (κ1) is 15.5. The minimum absolute atomic E-state index is 0.0491. The van der Waals surface area contributed by atoms with E-state index in [-0.39, 0.29) is 22.7 Å². The lowest BCUT2D eigenvalue weighted by Crippen LogP contribution is -2.27. The number of benzene rings is 1. The second-order valence-corrected chi connectivity index (χ2v) is 7.24. The van der Waals surface area contributed by atoms with Gasteiger partial charge >= 0.3 is 5.97 Å². The Balaban J connectivity index is 2.33. The van der Waals surface area contributed by atoms with Gasteiger partial charge in [-0.05, 0) is 40.6 Å². The zero-order valence-corrected chi connectivity index (χ0v) is 12.8. The van der Waals surface area contributed by atoms with Crippen LogP contribution in [0.1, 0.15) is 15.9 Å². The van der Waals surface area contributed by atoms with Gasteiger partial charge in [-0.3, -0.25) is 0 Å². The summed E-state index contributed by atoms with van der Waals surface area (Å²) in [6.45, 7) is 0.228. The smallest absolute Gasteiger partial charge is 0.335 e. The molecule has 0 aliphatic heterocycles. The molecular weight excluding hydrogens is 312 g/mol. The summed E-state index contributed by atoms with van der Waals surface area (Å²) < 4.78 is 26.1. The van der Waals surface area contributed by atoms with Crippen molar-refractivity contribution in [2.75, 3.05) is 12.8 Å². The maximum atomic E-state index is 12.5. The molecule has 0 saturated carbocycles. The van der Waals surface area contributed by atoms with Crippen LogP contribution in [0, 0.1) is 0 Å². The first-order chi connectivity index (χ1) is 9.82. The number of rotatable bonds is 5. The van der Waals surface area contributed by atoms with Crippen molar-refractivity contribution in [1.29, 1.82) is 0 Å². The van der Waals surface area contributed by atoms with Crippen molar-refractivity contribution in [2.24, 2.45) is 0 Å². The minimum Gasteiger partial charge on any atom is -0.478 e. The van der Waals surface area contributed by atoms with Gasteiger partial charge in [0.05, 0.1) is 11.3 Å². The van der Waals surface area contributed by atoms with E-state index in [1.54, 1.807) is 0 Å². The summed E-state index contributed by atoms with van der Waals surface area (Å²) >= 11 is 1.48. The predicted octanol–water partition coefficient (Wildman–Crippen LogP) is 1.85. The van der Waals surface area contributed by atoms with Gasteiger partial charge < -0.3 is 10.8 Å². The molecular formula is C13H14N2O4S2. The molecule has 0 unspecified atom stereocenters. The van der Waals surface area contributed by atoms with Gasteiger partial charge in [-0.15, -0.1) is 0 Å². The molecule has 0 atom stereocenters. The van der Waals surface area contributed by atoms with E-state index in [0.717, 1.165) is 11.6 Å². The first-order valence-electron chi connectivity index (χ1n) is 5.92. The number of hydrogen-bond acceptors (Lipinski definition) is 5. The number of carboxylic acid groups (broad SMARTS) is 1. The highest BCUT2D eigenvalue weighted by Crippen LogP contribution is 2.24. The van der Waals surface area contributed by atoms with Crippen LogP contribution < -0.4 is 5.73 Å². The molecule has 8 heteroatoms. The van der Waals surface area contributed by atoms with Crippen LogP contribution in [0.4, 0.5) is 5.69 Å². The number of sulfonamides is 1. The summed E-state index contributed by atoms with van der Waals surface area (Å²) in [7, 11) is -2.31. The van der Waals surface area contributed by atoms with Crippen molar-refractivity contribution in [3.05, 3.63) is 46.2 Å². The lowest BCUT2D eigenvalue weighted by atomic mass is 10.2. The van der Waals surface area contributed by atoms with Gasteiger partial charge in [0.2, 0.25) is 10.0 Å². The zero-order valence-electron chi connectivity index (χ0n) is 11.2. The molecule has 0 aliphatic rings. The highest BCUT2D eigenvalue weighted by molar-refractivity contribution is 7.89. The van der Waals surface area contributed by atoms with Crippen molar-refractivity contribution >= 4 is 33.0 Å². The maximum Gasteiger partial charge on any atom is 0.335 e. The molecule has 0 amide bonds. The van der Waals surface area contributed by atoms with E-state index in [4.69, 9.17) is 10.8 Å². The van der Waals surface area contributed by atoms with Gasteiger partial charge in [0.1, 0.15) is 4.90 Å². The number of carboxylic acids is 1. The Morgan fingerprint density at radius 2 is 2.10 bits per heavy atom. The molecule has 1 heterocycles. The molecule has 0 spiro atoms. The number of thiophene rings is 1. The Bertz CT molecular complexity index is 754. The van der Waals surface area contributed by atoms with Crippen molar-refractivity contribution in [3.63, 3.8) is 0 Å². The summed E-state index contributed by atoms with van der Waals surface area (Å²) in [5.41, 5.74) is 6.44. The van der Waals surface area contributed by atoms with Gasteiger partial charge in [0, 0.05) is 13.6 Å². The molecule has 3 N–H and O–H groups in total. The average molecular weight is 326 g/mol. The highest BCUT2D eigenvalue weighted by atomic mass is 32.2. The molecule has 0 bridgehead atoms. The van der Waals surface area contributed by atoms with E-state index in [1.165, 1.54) is 34.8 Å². The number of nitrogen functional groups attached to an aromatic ring is 1. The lowest BCUT2D eigenvalue weighted by Gasteiger charge is -2.18. The number of hydrogen-bond donors (Lipinski definition) is 2. The summed E-state index contributed by atoms with van der Waals surface area (Å²) in [4.78, 5) is 10.8. The zero-order chi connectivity index (χ0) is 15.6. The van der Waals surface area contributed by atoms with Crippen LogP contribution in [0.15, 0.2) is 39.9 Å². The van der Waals surface area contributed by atoms with Crippen LogP contribution in [-0.2, 0) is 16.6 Å². The van der Waals surface area contributed by atoms with Crippen LogP contribution in [0.2, 0.25) is 0 Å². The third-order valence-corrected chi connectivity index (χ3v) is 5.54. The van der Waals surface area contributed by atoms with Crippen molar-refractivity contribution < 1.29 is 18.3 Å². The SMILES string of the molecule is CN(Cc1ccsc1)S(=O)(=O)c1ccc(C(=O)O)cc1N. The Morgan fingerprint density at radius 3 is 2.62 bits per heavy atom. The highest BCUT2D eigenvalue weighted by Gasteiger charge is 2.24. The number of aromatic carboxylic acids is 1. The molecule has 0 aliphatic carbocycles. The summed E-state index contributed by atoms with van der Waals surface area (Å²) in [6.07, 6.45) is 0. The standard InChI is InChI=1S/C13H14N2O4S2/c1-15(7-9-4-5-20-8-9)21(18,19)12-3-2-10(13(16)17)6-11(12)14/h2-6,8H,7,14H2,1H3,(H,16,17). The summed E-state index contributed by atoms with van der Waals surface area (Å²) in [6, 6.07) is 5.43. The fourth-order valence-corrected chi connectivity index (χ4v) is 3.72. The van der Waals surface area contributed by atoms with Crippen LogP contribution in [0.5, 0.6) is 0 Å². The fourth-order valence-electron chi connectivity index (χ4n) is 1.81. The number of nitrogens with two attached hydrogens (primary N) is 1. The monoisotopic (exact) mass is 326 g/mol. The Morgan fingerprint density at radius 1 is 1.38 bits per heavy atom. The molecule has 1 aromatic heterocycles. The predicted molar refractivity (Wildman–Crippen MR) is 80.8 cm³/mol. The van der Waals surface area contributed by atoms with E-state index in [2.05, 4.69) is 0 Å². The van der Waals surface area contributed by atoms with Crippen molar-refractivity contribution in [2.45, 2.75) is 11.4 Å². The van der Waals surface area contributed by atoms with Crippen LogP contribution in [0.25, 0.3) is 0 Å². The number of carbonyl (C=O) groups is 1. The van der Waals surface area contributed by atoms with E-state index in [9.17, 15) is 13.2 Å². The summed E-state index contributed by atoms with van der Waals surface area (Å²) in [5.74, 6) is -1.16. The Kier molecular flexibility index (Phi) is 4.31. The van der Waals surface area contributed by atoms with Crippen molar-refractivity contribution in [3.8, 4) is 0 Å². The normalized spacial score (nSPS) is 11.7. The van der Waals surface area contributed by atoms with E-state index in [1.807, 2.05) is 16.8 Å². The van der Waals surface area contributed by atoms with E-state index in [0.29, 0.717) is 0 Å². The molecule has 112 valence electrons. The fraction of sp³-hybridized carbons (Fsp3) is 0.154. The minimum atomic E-state index is -3.77. The summed E-state index contributed by atoms with van der Waals surface area (Å²) in [5, 5.41) is 12.6. The quantitative estimate of drug-likeness (QED) is 0.817.